The van der Waals surface area contributed by atoms with Crippen molar-refractivity contribution in [2.75, 3.05) is 26.7 Å². The molecule has 0 radical (unpaired) electrons. The Morgan fingerprint density at radius 1 is 1.14 bits per heavy atom. The highest BCUT2D eigenvalue weighted by atomic mass is 16.4. The number of aryl methyl sites for hydroxylation is 1. The lowest BCUT2D eigenvalue weighted by Gasteiger charge is -2.25. The maximum absolute atomic E-state index is 12.4. The predicted octanol–water partition coefficient (Wildman–Crippen LogP) is 2.14. The Labute approximate surface area is 132 Å². The maximum atomic E-state index is 12.4. The van der Waals surface area contributed by atoms with Crippen molar-refractivity contribution < 1.29 is 14.7 Å². The SMILES string of the molecule is CCCN(Cc1ccc(C)cc1)C(=O)CN(C)CCC(=O)O. The van der Waals surface area contributed by atoms with Gasteiger partial charge < -0.3 is 10.0 Å². The molecule has 1 amide bonds. The Balaban J connectivity index is 2.59. The quantitative estimate of drug-likeness (QED) is 0.759. The van der Waals surface area contributed by atoms with Crippen LogP contribution >= 0.6 is 0 Å². The summed E-state index contributed by atoms with van der Waals surface area (Å²) >= 11 is 0. The number of hydrogen-bond donors (Lipinski definition) is 1. The Kier molecular flexibility index (Phi) is 7.60. The van der Waals surface area contributed by atoms with Crippen molar-refractivity contribution in [2.24, 2.45) is 0 Å². The van der Waals surface area contributed by atoms with E-state index in [1.54, 1.807) is 11.9 Å². The Hall–Kier alpha value is -1.88. The zero-order chi connectivity index (χ0) is 16.5. The van der Waals surface area contributed by atoms with Gasteiger partial charge in [-0.2, -0.15) is 0 Å². The summed E-state index contributed by atoms with van der Waals surface area (Å²) in [6.45, 7) is 6.02. The number of hydrogen-bond acceptors (Lipinski definition) is 3. The molecule has 1 aromatic rings. The molecule has 0 fully saturated rings. The molecule has 0 aliphatic heterocycles. The van der Waals surface area contributed by atoms with Crippen LogP contribution in [0, 0.1) is 6.92 Å². The van der Waals surface area contributed by atoms with Gasteiger partial charge in [-0.1, -0.05) is 36.8 Å². The molecule has 1 N–H and O–H groups in total. The van der Waals surface area contributed by atoms with Gasteiger partial charge in [0.2, 0.25) is 5.91 Å². The van der Waals surface area contributed by atoms with Gasteiger partial charge in [0.05, 0.1) is 13.0 Å². The molecule has 0 atom stereocenters. The maximum Gasteiger partial charge on any atom is 0.304 e. The summed E-state index contributed by atoms with van der Waals surface area (Å²) in [5.41, 5.74) is 2.31. The van der Waals surface area contributed by atoms with Gasteiger partial charge in [-0.15, -0.1) is 0 Å². The fourth-order valence-corrected chi connectivity index (χ4v) is 2.17. The van der Waals surface area contributed by atoms with Gasteiger partial charge in [0.25, 0.3) is 0 Å². The van der Waals surface area contributed by atoms with Crippen LogP contribution in [-0.2, 0) is 16.1 Å². The summed E-state index contributed by atoms with van der Waals surface area (Å²) < 4.78 is 0. The van der Waals surface area contributed by atoms with Crippen LogP contribution in [0.25, 0.3) is 0 Å². The lowest BCUT2D eigenvalue weighted by atomic mass is 10.1. The van der Waals surface area contributed by atoms with Crippen LogP contribution in [0.5, 0.6) is 0 Å². The zero-order valence-electron chi connectivity index (χ0n) is 13.7. The second-order valence-electron chi connectivity index (χ2n) is 5.68. The van der Waals surface area contributed by atoms with E-state index in [2.05, 4.69) is 0 Å². The molecule has 0 bridgehead atoms. The highest BCUT2D eigenvalue weighted by Gasteiger charge is 2.15. The van der Waals surface area contributed by atoms with Gasteiger partial charge in [-0.25, -0.2) is 0 Å². The number of carbonyl (C=O) groups is 2. The standard InChI is InChI=1S/C17H26N2O3/c1-4-10-19(12-15-7-5-14(2)6-8-15)16(20)13-18(3)11-9-17(21)22/h5-8H,4,9-13H2,1-3H3,(H,21,22). The molecule has 0 aliphatic rings. The summed E-state index contributed by atoms with van der Waals surface area (Å²) in [5.74, 6) is -0.806. The minimum atomic E-state index is -0.843. The van der Waals surface area contributed by atoms with Crippen molar-refractivity contribution >= 4 is 11.9 Å². The molecular formula is C17H26N2O3. The number of amides is 1. The van der Waals surface area contributed by atoms with Gasteiger partial charge >= 0.3 is 5.97 Å². The summed E-state index contributed by atoms with van der Waals surface area (Å²) in [4.78, 5) is 26.6. The number of benzene rings is 1. The molecule has 5 heteroatoms. The van der Waals surface area contributed by atoms with Gasteiger partial charge in [-0.05, 0) is 26.0 Å². The average molecular weight is 306 g/mol. The Bertz CT molecular complexity index is 485. The molecule has 22 heavy (non-hydrogen) atoms. The molecular weight excluding hydrogens is 280 g/mol. The minimum absolute atomic E-state index is 0.0373. The number of aliphatic carboxylic acids is 1. The number of nitrogens with zero attached hydrogens (tertiary/aromatic N) is 2. The molecule has 0 unspecified atom stereocenters. The predicted molar refractivity (Wildman–Crippen MR) is 86.6 cm³/mol. The number of carbonyl (C=O) groups excluding carboxylic acids is 1. The van der Waals surface area contributed by atoms with Gasteiger partial charge in [0, 0.05) is 19.6 Å². The lowest BCUT2D eigenvalue weighted by molar-refractivity contribution is -0.138. The molecule has 0 aromatic heterocycles. The largest absolute Gasteiger partial charge is 0.481 e. The van der Waals surface area contributed by atoms with E-state index in [1.165, 1.54) is 5.56 Å². The highest BCUT2D eigenvalue weighted by molar-refractivity contribution is 5.78. The van der Waals surface area contributed by atoms with Crippen LogP contribution in [0.3, 0.4) is 0 Å². The Morgan fingerprint density at radius 2 is 1.77 bits per heavy atom. The van der Waals surface area contributed by atoms with Crippen LogP contribution in [0.15, 0.2) is 24.3 Å². The first-order chi connectivity index (χ1) is 10.4. The fourth-order valence-electron chi connectivity index (χ4n) is 2.17. The van der Waals surface area contributed by atoms with Gasteiger partial charge in [0.15, 0.2) is 0 Å². The van der Waals surface area contributed by atoms with E-state index in [9.17, 15) is 9.59 Å². The number of likely N-dealkylation sites (N-methyl/N-ethyl adjacent to an activating group) is 1. The number of rotatable bonds is 9. The minimum Gasteiger partial charge on any atom is -0.481 e. The number of carboxylic acid groups (broad SMARTS) is 1. The van der Waals surface area contributed by atoms with Crippen LogP contribution in [-0.4, -0.2) is 53.5 Å². The summed E-state index contributed by atoms with van der Waals surface area (Å²) in [5, 5.41) is 8.69. The fraction of sp³-hybridized carbons (Fsp3) is 0.529. The third kappa shape index (κ3) is 6.72. The van der Waals surface area contributed by atoms with Crippen molar-refractivity contribution in [3.8, 4) is 0 Å². The molecule has 0 saturated heterocycles. The summed E-state index contributed by atoms with van der Waals surface area (Å²) in [6, 6.07) is 8.17. The lowest BCUT2D eigenvalue weighted by Crippen LogP contribution is -2.39. The van der Waals surface area contributed by atoms with E-state index in [1.807, 2.05) is 43.0 Å². The van der Waals surface area contributed by atoms with Gasteiger partial charge in [0.1, 0.15) is 0 Å². The van der Waals surface area contributed by atoms with Crippen molar-refractivity contribution in [2.45, 2.75) is 33.2 Å². The molecule has 0 aliphatic carbocycles. The van der Waals surface area contributed by atoms with Crippen molar-refractivity contribution in [1.29, 1.82) is 0 Å². The smallest absolute Gasteiger partial charge is 0.304 e. The first-order valence-electron chi connectivity index (χ1n) is 7.66. The van der Waals surface area contributed by atoms with E-state index in [-0.39, 0.29) is 18.9 Å². The second kappa shape index (κ2) is 9.20. The van der Waals surface area contributed by atoms with Crippen LogP contribution < -0.4 is 0 Å². The van der Waals surface area contributed by atoms with Gasteiger partial charge in [-0.3, -0.25) is 14.5 Å². The molecule has 1 rings (SSSR count). The Morgan fingerprint density at radius 3 is 2.32 bits per heavy atom. The second-order valence-corrected chi connectivity index (χ2v) is 5.68. The molecule has 0 spiro atoms. The summed E-state index contributed by atoms with van der Waals surface area (Å²) in [7, 11) is 1.77. The number of carboxylic acids is 1. The molecule has 0 saturated carbocycles. The van der Waals surface area contributed by atoms with Crippen molar-refractivity contribution in [3.63, 3.8) is 0 Å². The third-order valence-corrected chi connectivity index (χ3v) is 3.45. The molecule has 1 aromatic carbocycles. The average Bonchev–Trinajstić information content (AvgIpc) is 2.47. The van der Waals surface area contributed by atoms with E-state index >= 15 is 0 Å². The monoisotopic (exact) mass is 306 g/mol. The van der Waals surface area contributed by atoms with E-state index in [4.69, 9.17) is 5.11 Å². The van der Waals surface area contributed by atoms with E-state index in [0.717, 1.165) is 12.0 Å². The zero-order valence-corrected chi connectivity index (χ0v) is 13.7. The molecule has 5 nitrogen and oxygen atoms in total. The summed E-state index contributed by atoms with van der Waals surface area (Å²) in [6.07, 6.45) is 0.950. The first-order valence-corrected chi connectivity index (χ1v) is 7.66. The van der Waals surface area contributed by atoms with E-state index in [0.29, 0.717) is 19.6 Å². The van der Waals surface area contributed by atoms with Crippen molar-refractivity contribution in [3.05, 3.63) is 35.4 Å². The van der Waals surface area contributed by atoms with Crippen molar-refractivity contribution in [1.82, 2.24) is 9.80 Å². The highest BCUT2D eigenvalue weighted by Crippen LogP contribution is 2.08. The molecule has 122 valence electrons. The normalized spacial score (nSPS) is 10.7. The van der Waals surface area contributed by atoms with E-state index < -0.39 is 5.97 Å². The van der Waals surface area contributed by atoms with Crippen LogP contribution in [0.2, 0.25) is 0 Å². The third-order valence-electron chi connectivity index (χ3n) is 3.45. The molecule has 0 heterocycles. The van der Waals surface area contributed by atoms with Crippen LogP contribution in [0.1, 0.15) is 30.9 Å². The topological polar surface area (TPSA) is 60.9 Å². The first kappa shape index (κ1) is 18.2. The van der Waals surface area contributed by atoms with Crippen LogP contribution in [0.4, 0.5) is 0 Å².